The van der Waals surface area contributed by atoms with E-state index in [9.17, 15) is 0 Å². The topological polar surface area (TPSA) is 102 Å². The van der Waals surface area contributed by atoms with Crippen LogP contribution in [0.4, 0.5) is 28.7 Å². The van der Waals surface area contributed by atoms with E-state index in [1.165, 1.54) is 6.20 Å². The van der Waals surface area contributed by atoms with E-state index in [-0.39, 0.29) is 0 Å². The Hall–Kier alpha value is -4.07. The third-order valence-electron chi connectivity index (χ3n) is 6.17. The van der Waals surface area contributed by atoms with Gasteiger partial charge < -0.3 is 25.6 Å². The Kier molecular flexibility index (Phi) is 8.20. The monoisotopic (exact) mass is 533 g/mol. The van der Waals surface area contributed by atoms with E-state index in [1.807, 2.05) is 45.4 Å². The highest BCUT2D eigenvalue weighted by molar-refractivity contribution is 6.32. The summed E-state index contributed by atoms with van der Waals surface area (Å²) in [5.74, 6) is 1.35. The van der Waals surface area contributed by atoms with Crippen molar-refractivity contribution in [1.29, 1.82) is 0 Å². The normalized spacial score (nSPS) is 11.1. The first-order chi connectivity index (χ1) is 18.2. The number of ether oxygens (including phenoxy) is 1. The molecule has 0 radical (unpaired) electrons. The average molecular weight is 534 g/mol. The predicted octanol–water partition coefficient (Wildman–Crippen LogP) is 5.30. The molecule has 0 spiro atoms. The molecule has 0 amide bonds. The molecule has 0 saturated heterocycles. The Labute approximate surface area is 227 Å². The number of benzene rings is 2. The smallest absolute Gasteiger partial charge is 0.229 e. The van der Waals surface area contributed by atoms with Crippen LogP contribution >= 0.6 is 11.6 Å². The molecule has 38 heavy (non-hydrogen) atoms. The van der Waals surface area contributed by atoms with Gasteiger partial charge in [0.2, 0.25) is 5.95 Å². The molecule has 0 aliphatic heterocycles. The Morgan fingerprint density at radius 3 is 2.66 bits per heavy atom. The molecule has 0 bridgehead atoms. The summed E-state index contributed by atoms with van der Waals surface area (Å²) in [6.45, 7) is 11.2. The second-order valence-corrected chi connectivity index (χ2v) is 9.66. The molecule has 3 N–H and O–H groups in total. The summed E-state index contributed by atoms with van der Waals surface area (Å²) in [6, 6.07) is 9.21. The molecule has 0 fully saturated rings. The summed E-state index contributed by atoms with van der Waals surface area (Å²) < 4.78 is 7.36. The molecular weight excluding hydrogens is 502 g/mol. The minimum absolute atomic E-state index is 0.314. The second-order valence-electron chi connectivity index (χ2n) is 9.25. The molecule has 2 heterocycles. The van der Waals surface area contributed by atoms with Crippen LogP contribution in [0.15, 0.2) is 36.5 Å². The van der Waals surface area contributed by atoms with Gasteiger partial charge in [0.1, 0.15) is 10.8 Å². The molecule has 10 nitrogen and oxygen atoms in total. The molecule has 11 heteroatoms. The van der Waals surface area contributed by atoms with Gasteiger partial charge in [-0.1, -0.05) is 31.0 Å². The van der Waals surface area contributed by atoms with E-state index in [0.717, 1.165) is 48.2 Å². The first kappa shape index (κ1) is 27.0. The minimum Gasteiger partial charge on any atom is -0.494 e. The van der Waals surface area contributed by atoms with Gasteiger partial charge in [0.25, 0.3) is 0 Å². The minimum atomic E-state index is 0.314. The predicted molar refractivity (Wildman–Crippen MR) is 154 cm³/mol. The summed E-state index contributed by atoms with van der Waals surface area (Å²) in [6.07, 6.45) is 3.22. The van der Waals surface area contributed by atoms with Crippen LogP contribution in [0.3, 0.4) is 0 Å². The van der Waals surface area contributed by atoms with Crippen molar-refractivity contribution in [2.45, 2.75) is 19.8 Å². The number of hydrogen-bond acceptors (Lipinski definition) is 8. The van der Waals surface area contributed by atoms with Gasteiger partial charge in [-0.05, 0) is 38.7 Å². The number of hydrogen-bond donors (Lipinski definition) is 2. The zero-order valence-corrected chi connectivity index (χ0v) is 23.0. The fourth-order valence-corrected chi connectivity index (χ4v) is 4.33. The Morgan fingerprint density at radius 1 is 1.18 bits per heavy atom. The number of halogens is 1. The van der Waals surface area contributed by atoms with E-state index in [4.69, 9.17) is 33.7 Å². The van der Waals surface area contributed by atoms with Gasteiger partial charge in [-0.25, -0.2) is 14.5 Å². The average Bonchev–Trinajstić information content (AvgIpc) is 3.26. The number of nitrogens with one attached hydrogen (secondary N) is 1. The van der Waals surface area contributed by atoms with E-state index < -0.39 is 0 Å². The lowest BCUT2D eigenvalue weighted by molar-refractivity contribution is 0.413. The third-order valence-corrected chi connectivity index (χ3v) is 6.44. The number of likely N-dealkylation sites (N-methyl/N-ethyl adjacent to an activating group) is 2. The van der Waals surface area contributed by atoms with Gasteiger partial charge in [0.15, 0.2) is 11.5 Å². The molecule has 198 valence electrons. The van der Waals surface area contributed by atoms with Gasteiger partial charge in [-0.2, -0.15) is 10.1 Å². The third kappa shape index (κ3) is 5.59. The van der Waals surface area contributed by atoms with Crippen molar-refractivity contribution < 1.29 is 4.74 Å². The number of nitrogen functional groups attached to an aromatic ring is 1. The van der Waals surface area contributed by atoms with Gasteiger partial charge in [0, 0.05) is 31.6 Å². The SMILES string of the molecule is [C-]#[N+]c1ccc2c(c1)c(CCC)nn2-c1nc(Nc2cc(N)c(N(C)CCN(C)C)cc2OC)ncc1Cl. The highest BCUT2D eigenvalue weighted by Crippen LogP contribution is 2.36. The van der Waals surface area contributed by atoms with Crippen molar-refractivity contribution in [2.75, 3.05) is 57.3 Å². The Balaban J connectivity index is 1.71. The molecule has 0 atom stereocenters. The lowest BCUT2D eigenvalue weighted by Crippen LogP contribution is -2.29. The van der Waals surface area contributed by atoms with Crippen LogP contribution in [-0.4, -0.2) is 66.0 Å². The molecule has 2 aromatic carbocycles. The number of rotatable bonds is 10. The number of aryl methyl sites for hydroxylation is 1. The maximum absolute atomic E-state index is 7.38. The number of aromatic nitrogens is 4. The fraction of sp³-hybridized carbons (Fsp3) is 0.333. The number of nitrogens with two attached hydrogens (primary N) is 1. The van der Waals surface area contributed by atoms with Crippen molar-refractivity contribution in [3.05, 3.63) is 58.7 Å². The highest BCUT2D eigenvalue weighted by atomic mass is 35.5. The molecule has 0 saturated carbocycles. The highest BCUT2D eigenvalue weighted by Gasteiger charge is 2.18. The largest absolute Gasteiger partial charge is 0.494 e. The summed E-state index contributed by atoms with van der Waals surface area (Å²) in [7, 11) is 7.68. The van der Waals surface area contributed by atoms with E-state index in [2.05, 4.69) is 36.9 Å². The van der Waals surface area contributed by atoms with E-state index in [0.29, 0.717) is 39.6 Å². The van der Waals surface area contributed by atoms with Gasteiger partial charge in [0.05, 0.1) is 48.2 Å². The van der Waals surface area contributed by atoms with E-state index in [1.54, 1.807) is 17.9 Å². The first-order valence-corrected chi connectivity index (χ1v) is 12.7. The maximum atomic E-state index is 7.38. The molecular formula is C27H32ClN9O. The first-order valence-electron chi connectivity index (χ1n) is 12.3. The van der Waals surface area contributed by atoms with E-state index >= 15 is 0 Å². The van der Waals surface area contributed by atoms with Crippen LogP contribution in [-0.2, 0) is 6.42 Å². The summed E-state index contributed by atoms with van der Waals surface area (Å²) in [5.41, 5.74) is 10.8. The van der Waals surface area contributed by atoms with Crippen molar-refractivity contribution in [1.82, 2.24) is 24.6 Å². The summed E-state index contributed by atoms with van der Waals surface area (Å²) >= 11 is 6.55. The Bertz CT molecular complexity index is 1490. The number of anilines is 4. The number of fused-ring (bicyclic) bond motifs is 1. The molecule has 0 aliphatic carbocycles. The zero-order valence-electron chi connectivity index (χ0n) is 22.3. The van der Waals surface area contributed by atoms with Crippen LogP contribution in [0, 0.1) is 6.57 Å². The van der Waals surface area contributed by atoms with Crippen LogP contribution in [0.1, 0.15) is 19.0 Å². The molecule has 2 aromatic heterocycles. The lowest BCUT2D eigenvalue weighted by Gasteiger charge is -2.24. The van der Waals surface area contributed by atoms with Crippen molar-refractivity contribution in [3.63, 3.8) is 0 Å². The lowest BCUT2D eigenvalue weighted by atomic mass is 10.1. The van der Waals surface area contributed by atoms with Crippen molar-refractivity contribution >= 4 is 51.2 Å². The summed E-state index contributed by atoms with van der Waals surface area (Å²) in [4.78, 5) is 16.8. The van der Waals surface area contributed by atoms with Crippen molar-refractivity contribution in [3.8, 4) is 11.6 Å². The van der Waals surface area contributed by atoms with Crippen molar-refractivity contribution in [2.24, 2.45) is 0 Å². The van der Waals surface area contributed by atoms with Gasteiger partial charge >= 0.3 is 0 Å². The maximum Gasteiger partial charge on any atom is 0.229 e. The molecule has 4 aromatic rings. The van der Waals surface area contributed by atoms with Gasteiger partial charge in [-0.15, -0.1) is 0 Å². The van der Waals surface area contributed by atoms with Crippen LogP contribution in [0.5, 0.6) is 5.75 Å². The van der Waals surface area contributed by atoms with Crippen LogP contribution in [0.25, 0.3) is 21.6 Å². The number of methoxy groups -OCH3 is 1. The summed E-state index contributed by atoms with van der Waals surface area (Å²) in [5, 5.41) is 9.28. The second kappa shape index (κ2) is 11.5. The fourth-order valence-electron chi connectivity index (χ4n) is 4.16. The van der Waals surface area contributed by atoms with Crippen LogP contribution in [0.2, 0.25) is 5.02 Å². The number of nitrogens with zero attached hydrogens (tertiary/aromatic N) is 7. The standard InChI is InChI=1S/C27H32ClN9O/c1-7-8-21-18-13-17(30-2)9-10-23(18)37(34-21)26-19(28)16-31-27(33-26)32-22-14-20(29)24(15-25(22)38-6)36(5)12-11-35(3)4/h9-10,13-16H,7-8,11-12,29H2,1,3-6H3,(H,31,32,33). The molecule has 4 rings (SSSR count). The molecule has 0 aliphatic rings. The van der Waals surface area contributed by atoms with Crippen LogP contribution < -0.4 is 20.7 Å². The Morgan fingerprint density at radius 2 is 1.97 bits per heavy atom. The quantitative estimate of drug-likeness (QED) is 0.209. The van der Waals surface area contributed by atoms with Gasteiger partial charge in [-0.3, -0.25) is 0 Å². The zero-order chi connectivity index (χ0) is 27.4. The molecule has 0 unspecified atom stereocenters.